The molecule has 3 aromatic carbocycles. The van der Waals surface area contributed by atoms with Crippen molar-refractivity contribution >= 4 is 50.0 Å². The summed E-state index contributed by atoms with van der Waals surface area (Å²) in [5, 5.41) is 0. The molecular weight excluding hydrogens is 447 g/mol. The van der Waals surface area contributed by atoms with Gasteiger partial charge in [-0.25, -0.2) is 0 Å². The van der Waals surface area contributed by atoms with Crippen LogP contribution in [0.1, 0.15) is 5.56 Å². The fourth-order valence-corrected chi connectivity index (χ4v) is 9.03. The Morgan fingerprint density at radius 3 is 1.86 bits per heavy atom. The first-order chi connectivity index (χ1) is 10.9. The van der Waals surface area contributed by atoms with Gasteiger partial charge in [0, 0.05) is 0 Å². The molecule has 0 nitrogen and oxygen atoms in total. The van der Waals surface area contributed by atoms with Crippen molar-refractivity contribution in [1.29, 1.82) is 0 Å². The zero-order valence-corrected chi connectivity index (χ0v) is 16.1. The van der Waals surface area contributed by atoms with Gasteiger partial charge in [-0.3, -0.25) is 0 Å². The Labute approximate surface area is 148 Å². The molecule has 0 saturated heterocycles. The van der Waals surface area contributed by atoms with Crippen LogP contribution in [-0.2, 0) is 0 Å². The maximum absolute atomic E-state index is 2.40. The summed E-state index contributed by atoms with van der Waals surface area (Å²) in [4.78, 5) is 0. The first-order valence-electron chi connectivity index (χ1n) is 7.13. The van der Waals surface area contributed by atoms with Crippen molar-refractivity contribution in [1.82, 2.24) is 0 Å². The van der Waals surface area contributed by atoms with Crippen molar-refractivity contribution in [3.8, 4) is 0 Å². The quantitative estimate of drug-likeness (QED) is 0.511. The summed E-state index contributed by atoms with van der Waals surface area (Å²) in [7, 11) is 0. The van der Waals surface area contributed by atoms with Crippen molar-refractivity contribution in [2.24, 2.45) is 0 Å². The van der Waals surface area contributed by atoms with Gasteiger partial charge in [0.25, 0.3) is 0 Å². The van der Waals surface area contributed by atoms with Crippen molar-refractivity contribution in [2.45, 2.75) is 0 Å². The Kier molecular flexibility index (Phi) is 5.93. The summed E-state index contributed by atoms with van der Waals surface area (Å²) in [5.41, 5.74) is 1.32. The molecule has 108 valence electrons. The second-order valence-corrected chi connectivity index (χ2v) is 12.0. The molecule has 0 aliphatic rings. The standard InChI is InChI=1S/C20H16SeTe/c1-4-10-17(11-5-1)16-20(21-18-12-6-2-7-13-18)22-19-14-8-3-9-15-19/h1-16H/b20-16-. The Morgan fingerprint density at radius 2 is 1.23 bits per heavy atom. The van der Waals surface area contributed by atoms with Crippen LogP contribution < -0.4 is 8.07 Å². The Morgan fingerprint density at radius 1 is 0.682 bits per heavy atom. The molecule has 0 unspecified atom stereocenters. The first-order valence-corrected chi connectivity index (χ1v) is 11.2. The van der Waals surface area contributed by atoms with Gasteiger partial charge in [0.05, 0.1) is 0 Å². The third-order valence-electron chi connectivity index (χ3n) is 3.01. The van der Waals surface area contributed by atoms with E-state index in [1.54, 1.807) is 2.52 Å². The molecule has 2 heteroatoms. The molecule has 0 spiro atoms. The molecule has 0 fully saturated rings. The SMILES string of the molecule is C(=C(\[Se]c1ccccc1)[Te]c1ccccc1)/c1ccccc1. The van der Waals surface area contributed by atoms with Crippen LogP contribution in [0.15, 0.2) is 93.5 Å². The van der Waals surface area contributed by atoms with E-state index in [2.05, 4.69) is 97.1 Å². The van der Waals surface area contributed by atoms with Crippen molar-refractivity contribution in [2.75, 3.05) is 0 Å². The topological polar surface area (TPSA) is 0 Å². The molecule has 0 amide bonds. The van der Waals surface area contributed by atoms with Crippen LogP contribution in [0.25, 0.3) is 6.08 Å². The first kappa shape index (κ1) is 15.6. The molecule has 0 N–H and O–H groups in total. The maximum atomic E-state index is 2.40. The average molecular weight is 463 g/mol. The fraction of sp³-hybridized carbons (Fsp3) is 0. The molecule has 3 aromatic rings. The van der Waals surface area contributed by atoms with E-state index in [-0.39, 0.29) is 20.9 Å². The van der Waals surface area contributed by atoms with Gasteiger partial charge < -0.3 is 0 Å². The van der Waals surface area contributed by atoms with E-state index in [0.717, 1.165) is 0 Å². The van der Waals surface area contributed by atoms with E-state index in [4.69, 9.17) is 0 Å². The molecule has 0 atom stereocenters. The minimum absolute atomic E-state index is 0.306. The van der Waals surface area contributed by atoms with Gasteiger partial charge in [0.2, 0.25) is 0 Å². The predicted octanol–water partition coefficient (Wildman–Crippen LogP) is 3.04. The second kappa shape index (κ2) is 8.37. The predicted molar refractivity (Wildman–Crippen MR) is 98.1 cm³/mol. The van der Waals surface area contributed by atoms with Gasteiger partial charge in [-0.15, -0.1) is 0 Å². The second-order valence-electron chi connectivity index (χ2n) is 4.70. The number of hydrogen-bond donors (Lipinski definition) is 0. The molecule has 22 heavy (non-hydrogen) atoms. The normalized spacial score (nSPS) is 11.4. The van der Waals surface area contributed by atoms with Crippen LogP contribution in [-0.4, -0.2) is 35.9 Å². The molecule has 0 heterocycles. The van der Waals surface area contributed by atoms with E-state index in [1.165, 1.54) is 13.6 Å². The minimum atomic E-state index is -0.306. The van der Waals surface area contributed by atoms with E-state index >= 15 is 0 Å². The summed E-state index contributed by atoms with van der Waals surface area (Å²) in [5.74, 6) is 0. The van der Waals surface area contributed by atoms with Gasteiger partial charge in [-0.1, -0.05) is 0 Å². The van der Waals surface area contributed by atoms with Gasteiger partial charge in [0.1, 0.15) is 0 Å². The molecule has 0 aliphatic heterocycles. The van der Waals surface area contributed by atoms with Crippen LogP contribution in [0.3, 0.4) is 0 Å². The van der Waals surface area contributed by atoms with Crippen molar-refractivity contribution in [3.05, 3.63) is 99.1 Å². The van der Waals surface area contributed by atoms with Crippen LogP contribution in [0.5, 0.6) is 0 Å². The van der Waals surface area contributed by atoms with Crippen LogP contribution in [0.2, 0.25) is 0 Å². The molecule has 0 aliphatic carbocycles. The molecule has 0 radical (unpaired) electrons. The van der Waals surface area contributed by atoms with E-state index < -0.39 is 0 Å². The molecule has 0 saturated carbocycles. The van der Waals surface area contributed by atoms with Crippen molar-refractivity contribution in [3.63, 3.8) is 0 Å². The summed E-state index contributed by atoms with van der Waals surface area (Å²) < 4.78 is 4.59. The Hall–Kier alpha value is -1.29. The van der Waals surface area contributed by atoms with Crippen LogP contribution in [0.4, 0.5) is 0 Å². The summed E-state index contributed by atoms with van der Waals surface area (Å²) >= 11 is 0.106. The Balaban J connectivity index is 1.86. The third kappa shape index (κ3) is 4.87. The van der Waals surface area contributed by atoms with Crippen LogP contribution >= 0.6 is 0 Å². The van der Waals surface area contributed by atoms with Gasteiger partial charge in [0.15, 0.2) is 0 Å². The Bertz CT molecular complexity index is 678. The summed E-state index contributed by atoms with van der Waals surface area (Å²) in [6.45, 7) is 0. The monoisotopic (exact) mass is 466 g/mol. The van der Waals surface area contributed by atoms with Gasteiger partial charge >= 0.3 is 149 Å². The number of benzene rings is 3. The zero-order valence-electron chi connectivity index (χ0n) is 12.1. The molecule has 0 aromatic heterocycles. The van der Waals surface area contributed by atoms with Gasteiger partial charge in [-0.05, 0) is 0 Å². The average Bonchev–Trinajstić information content (AvgIpc) is 2.57. The number of rotatable bonds is 5. The third-order valence-corrected chi connectivity index (χ3v) is 9.51. The van der Waals surface area contributed by atoms with E-state index in [0.29, 0.717) is 15.0 Å². The summed E-state index contributed by atoms with van der Waals surface area (Å²) in [6, 6.07) is 32.5. The summed E-state index contributed by atoms with van der Waals surface area (Å²) in [6.07, 6.45) is 2.40. The zero-order chi connectivity index (χ0) is 15.0. The van der Waals surface area contributed by atoms with E-state index in [1.807, 2.05) is 0 Å². The van der Waals surface area contributed by atoms with Gasteiger partial charge in [-0.2, -0.15) is 0 Å². The molecule has 0 bridgehead atoms. The number of hydrogen-bond acceptors (Lipinski definition) is 0. The van der Waals surface area contributed by atoms with Crippen LogP contribution in [0, 0.1) is 0 Å². The fourth-order valence-electron chi connectivity index (χ4n) is 1.97. The van der Waals surface area contributed by atoms with E-state index in [9.17, 15) is 0 Å². The molecular formula is C20H16SeTe. The van der Waals surface area contributed by atoms with Crippen molar-refractivity contribution < 1.29 is 0 Å². The molecule has 3 rings (SSSR count).